The molecular formula is C20H18N5O3. The maximum Gasteiger partial charge on any atom is 0.252 e. The molecule has 3 aromatic heterocycles. The summed E-state index contributed by atoms with van der Waals surface area (Å²) in [6, 6.07) is 11.0. The molecule has 3 heterocycles. The molecule has 2 N–H and O–H groups in total. The van der Waals surface area contributed by atoms with Crippen molar-refractivity contribution in [1.82, 2.24) is 19.8 Å². The molecule has 0 spiro atoms. The highest BCUT2D eigenvalue weighted by molar-refractivity contribution is 5.99. The van der Waals surface area contributed by atoms with Gasteiger partial charge >= 0.3 is 0 Å². The van der Waals surface area contributed by atoms with E-state index < -0.39 is 5.91 Å². The van der Waals surface area contributed by atoms with Crippen LogP contribution in [-0.4, -0.2) is 32.3 Å². The zero-order chi connectivity index (χ0) is 19.7. The largest absolute Gasteiger partial charge is 0.493 e. The topological polar surface area (TPSA) is 109 Å². The van der Waals surface area contributed by atoms with E-state index in [1.807, 2.05) is 38.1 Å². The van der Waals surface area contributed by atoms with Gasteiger partial charge in [0.1, 0.15) is 11.5 Å². The van der Waals surface area contributed by atoms with Crippen LogP contribution in [-0.2, 0) is 6.42 Å². The van der Waals surface area contributed by atoms with Gasteiger partial charge in [-0.2, -0.15) is 0 Å². The summed E-state index contributed by atoms with van der Waals surface area (Å²) in [6.07, 6.45) is 3.25. The zero-order valence-corrected chi connectivity index (χ0v) is 15.5. The van der Waals surface area contributed by atoms with Crippen LogP contribution in [0, 0.1) is 20.2 Å². The minimum absolute atomic E-state index is 0.303. The van der Waals surface area contributed by atoms with Crippen LogP contribution in [0.3, 0.4) is 0 Å². The lowest BCUT2D eigenvalue weighted by Gasteiger charge is -2.09. The van der Waals surface area contributed by atoms with E-state index in [4.69, 9.17) is 15.0 Å². The van der Waals surface area contributed by atoms with Crippen molar-refractivity contribution in [1.29, 1.82) is 0 Å². The Morgan fingerprint density at radius 1 is 1.21 bits per heavy atom. The quantitative estimate of drug-likeness (QED) is 0.554. The van der Waals surface area contributed by atoms with Gasteiger partial charge in [-0.15, -0.1) is 5.10 Å². The van der Waals surface area contributed by atoms with Gasteiger partial charge in [0.05, 0.1) is 23.6 Å². The van der Waals surface area contributed by atoms with Crippen LogP contribution in [0.5, 0.6) is 5.75 Å². The van der Waals surface area contributed by atoms with Crippen molar-refractivity contribution in [2.45, 2.75) is 20.3 Å². The van der Waals surface area contributed by atoms with Crippen molar-refractivity contribution >= 4 is 11.6 Å². The summed E-state index contributed by atoms with van der Waals surface area (Å²) in [6.45, 7) is 4.35. The first-order valence-corrected chi connectivity index (χ1v) is 8.75. The summed E-state index contributed by atoms with van der Waals surface area (Å²) in [5, 5.41) is 8.03. The van der Waals surface area contributed by atoms with Crippen LogP contribution in [0.1, 0.15) is 27.4 Å². The summed E-state index contributed by atoms with van der Waals surface area (Å²) < 4.78 is 12.5. The van der Waals surface area contributed by atoms with Gasteiger partial charge in [-0.1, -0.05) is 5.16 Å². The minimum atomic E-state index is -0.556. The van der Waals surface area contributed by atoms with E-state index in [0.29, 0.717) is 17.8 Å². The lowest BCUT2D eigenvalue weighted by atomic mass is 10.1. The van der Waals surface area contributed by atoms with Crippen molar-refractivity contribution in [3.8, 4) is 17.0 Å². The summed E-state index contributed by atoms with van der Waals surface area (Å²) in [7, 11) is 0. The fraction of sp³-hybridized carbons (Fsp3) is 0.200. The van der Waals surface area contributed by atoms with Gasteiger partial charge in [-0.25, -0.2) is 9.50 Å². The third kappa shape index (κ3) is 3.20. The number of hydrogen-bond donors (Lipinski definition) is 1. The molecule has 0 saturated heterocycles. The summed E-state index contributed by atoms with van der Waals surface area (Å²) in [5.74, 6) is 1.02. The molecule has 0 aliphatic heterocycles. The second-order valence-corrected chi connectivity index (χ2v) is 6.37. The molecular weight excluding hydrogens is 358 g/mol. The second kappa shape index (κ2) is 7.15. The number of fused-ring (bicyclic) bond motifs is 1. The summed E-state index contributed by atoms with van der Waals surface area (Å²) >= 11 is 0. The molecule has 0 aliphatic rings. The lowest BCUT2D eigenvalue weighted by molar-refractivity contribution is 0.100. The number of nitrogens with zero attached hydrogens (tertiary/aromatic N) is 4. The van der Waals surface area contributed by atoms with Crippen LogP contribution < -0.4 is 10.5 Å². The van der Waals surface area contributed by atoms with Gasteiger partial charge in [0.15, 0.2) is 5.65 Å². The maximum atomic E-state index is 11.5. The highest BCUT2D eigenvalue weighted by atomic mass is 16.5. The van der Waals surface area contributed by atoms with Crippen molar-refractivity contribution < 1.29 is 14.1 Å². The van der Waals surface area contributed by atoms with Gasteiger partial charge in [0.2, 0.25) is 6.33 Å². The molecule has 8 heteroatoms. The normalized spacial score (nSPS) is 11.1. The van der Waals surface area contributed by atoms with E-state index in [1.165, 1.54) is 0 Å². The van der Waals surface area contributed by atoms with E-state index in [9.17, 15) is 4.79 Å². The molecule has 0 unspecified atom stereocenters. The van der Waals surface area contributed by atoms with Crippen molar-refractivity contribution in [3.63, 3.8) is 0 Å². The average molecular weight is 376 g/mol. The van der Waals surface area contributed by atoms with Crippen LogP contribution in [0.2, 0.25) is 0 Å². The molecule has 0 bridgehead atoms. The first kappa shape index (κ1) is 17.7. The minimum Gasteiger partial charge on any atom is -0.493 e. The van der Waals surface area contributed by atoms with E-state index in [1.54, 1.807) is 16.6 Å². The molecule has 0 fully saturated rings. The SMILES string of the molecule is Cc1noc(C)c1CCOc1ccc(-c2ccc(C(N)=O)c3n[c]nn23)cc1. The maximum absolute atomic E-state index is 11.5. The molecule has 4 rings (SSSR count). The number of nitrogens with two attached hydrogens (primary N) is 1. The molecule has 0 aliphatic carbocycles. The van der Waals surface area contributed by atoms with Crippen molar-refractivity contribution in [2.75, 3.05) is 6.61 Å². The van der Waals surface area contributed by atoms with E-state index >= 15 is 0 Å². The highest BCUT2D eigenvalue weighted by Gasteiger charge is 2.14. The van der Waals surface area contributed by atoms with Crippen LogP contribution >= 0.6 is 0 Å². The number of ether oxygens (including phenoxy) is 1. The van der Waals surface area contributed by atoms with Crippen molar-refractivity contribution in [3.05, 3.63) is 65.3 Å². The number of primary amides is 1. The first-order chi connectivity index (χ1) is 13.5. The number of aryl methyl sites for hydroxylation is 2. The fourth-order valence-corrected chi connectivity index (χ4v) is 3.12. The van der Waals surface area contributed by atoms with Crippen LogP contribution in [0.25, 0.3) is 16.9 Å². The Kier molecular flexibility index (Phi) is 4.52. The van der Waals surface area contributed by atoms with Gasteiger partial charge in [-0.05, 0) is 50.2 Å². The molecule has 8 nitrogen and oxygen atoms in total. The zero-order valence-electron chi connectivity index (χ0n) is 15.5. The smallest absolute Gasteiger partial charge is 0.252 e. The number of benzene rings is 1. The molecule has 1 amide bonds. The number of amides is 1. The van der Waals surface area contributed by atoms with Gasteiger partial charge in [0, 0.05) is 17.5 Å². The Hall–Kier alpha value is -3.68. The number of pyridine rings is 1. The molecule has 0 saturated carbocycles. The Morgan fingerprint density at radius 3 is 2.68 bits per heavy atom. The monoisotopic (exact) mass is 376 g/mol. The van der Waals surface area contributed by atoms with Gasteiger partial charge in [0.25, 0.3) is 5.91 Å². The molecule has 4 aromatic rings. The van der Waals surface area contributed by atoms with Crippen LogP contribution in [0.4, 0.5) is 0 Å². The van der Waals surface area contributed by atoms with Crippen molar-refractivity contribution in [2.24, 2.45) is 5.73 Å². The lowest BCUT2D eigenvalue weighted by Crippen LogP contribution is -2.13. The molecule has 1 aromatic carbocycles. The first-order valence-electron chi connectivity index (χ1n) is 8.75. The Bertz CT molecular complexity index is 1130. The third-order valence-corrected chi connectivity index (χ3v) is 4.60. The number of carbonyl (C=O) groups excluding carboxylic acids is 1. The number of rotatable bonds is 6. The van der Waals surface area contributed by atoms with Gasteiger partial charge in [-0.3, -0.25) is 4.79 Å². The standard InChI is InChI=1S/C20H18N5O3/c1-12-16(13(2)28-24-12)9-10-27-15-5-3-14(4-6-15)18-8-7-17(19(21)26)20-22-11-23-25(18)20/h3-8H,9-10H2,1-2H3,(H2,21,26). The number of carbonyl (C=O) groups is 1. The summed E-state index contributed by atoms with van der Waals surface area (Å²) in [4.78, 5) is 15.5. The molecule has 141 valence electrons. The molecule has 0 atom stereocenters. The third-order valence-electron chi connectivity index (χ3n) is 4.60. The van der Waals surface area contributed by atoms with Crippen LogP contribution in [0.15, 0.2) is 40.9 Å². The van der Waals surface area contributed by atoms with E-state index in [-0.39, 0.29) is 0 Å². The van der Waals surface area contributed by atoms with E-state index in [2.05, 4.69) is 21.6 Å². The second-order valence-electron chi connectivity index (χ2n) is 6.37. The predicted molar refractivity (Wildman–Crippen MR) is 101 cm³/mol. The molecule has 1 radical (unpaired) electrons. The predicted octanol–water partition coefficient (Wildman–Crippen LogP) is 2.52. The summed E-state index contributed by atoms with van der Waals surface area (Å²) in [5.41, 5.74) is 9.72. The van der Waals surface area contributed by atoms with E-state index in [0.717, 1.165) is 40.4 Å². The highest BCUT2D eigenvalue weighted by Crippen LogP contribution is 2.24. The molecule has 28 heavy (non-hydrogen) atoms. The number of aromatic nitrogens is 4. The number of hydrogen-bond acceptors (Lipinski definition) is 6. The Labute approximate surface area is 160 Å². The Morgan fingerprint density at radius 2 is 2.00 bits per heavy atom. The fourth-order valence-electron chi connectivity index (χ4n) is 3.12. The van der Waals surface area contributed by atoms with Gasteiger partial charge < -0.3 is 15.0 Å². The average Bonchev–Trinajstić information content (AvgIpc) is 3.30. The Balaban J connectivity index is 1.51.